The molecule has 0 saturated carbocycles. The minimum atomic E-state index is -0.0777. The Morgan fingerprint density at radius 3 is 2.71 bits per heavy atom. The van der Waals surface area contributed by atoms with Crippen LogP contribution in [0.1, 0.15) is 40.8 Å². The highest BCUT2D eigenvalue weighted by atomic mass is 32.1. The fraction of sp³-hybridized carbons (Fsp3) is 0.238. The third-order valence-electron chi connectivity index (χ3n) is 5.06. The Kier molecular flexibility index (Phi) is 4.37. The molecule has 4 aromatic rings. The number of amides is 1. The first-order valence-electron chi connectivity index (χ1n) is 9.44. The molecule has 3 heterocycles. The fourth-order valence-corrected chi connectivity index (χ4v) is 4.77. The topological polar surface area (TPSA) is 63.9 Å². The van der Waals surface area contributed by atoms with Gasteiger partial charge in [-0.2, -0.15) is 9.90 Å². The number of para-hydroxylation sites is 2. The largest absolute Gasteiger partial charge is 0.328 e. The van der Waals surface area contributed by atoms with Gasteiger partial charge in [0.2, 0.25) is 0 Å². The summed E-state index contributed by atoms with van der Waals surface area (Å²) in [5, 5.41) is 9.71. The van der Waals surface area contributed by atoms with E-state index in [4.69, 9.17) is 4.98 Å². The highest BCUT2D eigenvalue weighted by molar-refractivity contribution is 7.18. The van der Waals surface area contributed by atoms with Gasteiger partial charge >= 0.3 is 0 Å². The van der Waals surface area contributed by atoms with Crippen molar-refractivity contribution in [3.8, 4) is 5.69 Å². The van der Waals surface area contributed by atoms with Gasteiger partial charge in [-0.3, -0.25) is 4.79 Å². The number of aromatic nitrogens is 4. The van der Waals surface area contributed by atoms with Crippen molar-refractivity contribution < 1.29 is 4.79 Å². The summed E-state index contributed by atoms with van der Waals surface area (Å²) in [6.07, 6.45) is 4.58. The number of carbonyl (C=O) groups excluding carboxylic acids is 1. The third-order valence-corrected chi connectivity index (χ3v) is 6.19. The van der Waals surface area contributed by atoms with Gasteiger partial charge in [0, 0.05) is 6.54 Å². The van der Waals surface area contributed by atoms with Crippen molar-refractivity contribution in [3.63, 3.8) is 0 Å². The molecule has 0 radical (unpaired) electrons. The van der Waals surface area contributed by atoms with Crippen LogP contribution in [0.5, 0.6) is 0 Å². The molecule has 1 aliphatic rings. The Morgan fingerprint density at radius 1 is 1.04 bits per heavy atom. The summed E-state index contributed by atoms with van der Waals surface area (Å²) in [6.45, 7) is 0.720. The maximum atomic E-state index is 13.2. The van der Waals surface area contributed by atoms with E-state index in [-0.39, 0.29) is 11.9 Å². The standard InChI is InChI=1S/C21H19N5OS/c27-21(17-14-22-26(24-17)15-8-2-1-3-9-15)25-13-7-6-11-18(25)20-23-16-10-4-5-12-19(16)28-20/h1-5,8-10,12,14,18H,6-7,11,13H2. The molecule has 28 heavy (non-hydrogen) atoms. The lowest BCUT2D eigenvalue weighted by Crippen LogP contribution is -2.38. The van der Waals surface area contributed by atoms with Crippen molar-refractivity contribution in [2.24, 2.45) is 0 Å². The maximum absolute atomic E-state index is 13.2. The van der Waals surface area contributed by atoms with Crippen LogP contribution in [0.3, 0.4) is 0 Å². The summed E-state index contributed by atoms with van der Waals surface area (Å²) in [5.41, 5.74) is 2.20. The van der Waals surface area contributed by atoms with E-state index in [1.807, 2.05) is 53.4 Å². The fourth-order valence-electron chi connectivity index (χ4n) is 3.66. The SMILES string of the molecule is O=C(c1cnn(-c2ccccc2)n1)N1CCCCC1c1nc2ccccc2s1. The second-order valence-corrected chi connectivity index (χ2v) is 7.95. The monoisotopic (exact) mass is 389 g/mol. The second kappa shape index (κ2) is 7.16. The Hall–Kier alpha value is -3.06. The normalized spacial score (nSPS) is 17.1. The predicted octanol–water partition coefficient (Wildman–Crippen LogP) is 4.24. The van der Waals surface area contributed by atoms with E-state index in [2.05, 4.69) is 16.3 Å². The molecule has 7 heteroatoms. The van der Waals surface area contributed by atoms with Crippen molar-refractivity contribution in [2.45, 2.75) is 25.3 Å². The Bertz CT molecular complexity index is 1090. The minimum Gasteiger partial charge on any atom is -0.328 e. The van der Waals surface area contributed by atoms with Gasteiger partial charge in [0.1, 0.15) is 5.01 Å². The van der Waals surface area contributed by atoms with Gasteiger partial charge in [0.05, 0.1) is 28.1 Å². The molecule has 1 fully saturated rings. The van der Waals surface area contributed by atoms with Crippen LogP contribution in [0.4, 0.5) is 0 Å². The lowest BCUT2D eigenvalue weighted by atomic mass is 10.0. The van der Waals surface area contributed by atoms with Crippen LogP contribution in [0.2, 0.25) is 0 Å². The van der Waals surface area contributed by atoms with E-state index < -0.39 is 0 Å². The lowest BCUT2D eigenvalue weighted by molar-refractivity contribution is 0.0605. The molecule has 0 spiro atoms. The number of likely N-dealkylation sites (tertiary alicyclic amines) is 1. The zero-order valence-corrected chi connectivity index (χ0v) is 16.0. The number of thiazole rings is 1. The molecule has 1 unspecified atom stereocenters. The number of fused-ring (bicyclic) bond motifs is 1. The maximum Gasteiger partial charge on any atom is 0.276 e. The first-order valence-corrected chi connectivity index (χ1v) is 10.3. The predicted molar refractivity (Wildman–Crippen MR) is 109 cm³/mol. The average molecular weight is 389 g/mol. The minimum absolute atomic E-state index is 0.000486. The quantitative estimate of drug-likeness (QED) is 0.526. The molecule has 0 bridgehead atoms. The average Bonchev–Trinajstić information content (AvgIpc) is 3.41. The Morgan fingerprint density at radius 2 is 1.86 bits per heavy atom. The van der Waals surface area contributed by atoms with E-state index in [0.717, 1.165) is 46.7 Å². The summed E-state index contributed by atoms with van der Waals surface area (Å²) in [6, 6.07) is 17.7. The van der Waals surface area contributed by atoms with Crippen molar-refractivity contribution in [3.05, 3.63) is 71.5 Å². The molecule has 2 aromatic carbocycles. The van der Waals surface area contributed by atoms with Crippen LogP contribution in [-0.2, 0) is 0 Å². The summed E-state index contributed by atoms with van der Waals surface area (Å²) < 4.78 is 1.16. The second-order valence-electron chi connectivity index (χ2n) is 6.88. The molecular weight excluding hydrogens is 370 g/mol. The number of carbonyl (C=O) groups is 1. The van der Waals surface area contributed by atoms with Crippen LogP contribution in [0, 0.1) is 0 Å². The highest BCUT2D eigenvalue weighted by Crippen LogP contribution is 2.36. The number of rotatable bonds is 3. The molecule has 1 saturated heterocycles. The van der Waals surface area contributed by atoms with Gasteiger partial charge in [-0.15, -0.1) is 16.4 Å². The van der Waals surface area contributed by atoms with Crippen molar-refractivity contribution in [1.82, 2.24) is 24.9 Å². The summed E-state index contributed by atoms with van der Waals surface area (Å²) in [7, 11) is 0. The van der Waals surface area contributed by atoms with Crippen molar-refractivity contribution >= 4 is 27.5 Å². The first-order chi connectivity index (χ1) is 13.8. The zero-order valence-electron chi connectivity index (χ0n) is 15.2. The Labute approximate surface area is 166 Å². The van der Waals surface area contributed by atoms with Gasteiger partial charge in [-0.05, 0) is 43.5 Å². The van der Waals surface area contributed by atoms with E-state index in [9.17, 15) is 4.79 Å². The molecule has 2 aromatic heterocycles. The molecular formula is C21H19N5OS. The zero-order chi connectivity index (χ0) is 18.9. The lowest BCUT2D eigenvalue weighted by Gasteiger charge is -2.33. The molecule has 1 amide bonds. The number of benzene rings is 2. The van der Waals surface area contributed by atoms with Gasteiger partial charge in [0.15, 0.2) is 5.69 Å². The molecule has 6 nitrogen and oxygen atoms in total. The summed E-state index contributed by atoms with van der Waals surface area (Å²) in [4.78, 5) is 21.5. The third kappa shape index (κ3) is 3.07. The van der Waals surface area contributed by atoms with E-state index in [0.29, 0.717) is 5.69 Å². The molecule has 5 rings (SSSR count). The van der Waals surface area contributed by atoms with E-state index in [1.54, 1.807) is 17.5 Å². The molecule has 0 aliphatic carbocycles. The van der Waals surface area contributed by atoms with E-state index >= 15 is 0 Å². The number of hydrogen-bond acceptors (Lipinski definition) is 5. The Balaban J connectivity index is 1.45. The van der Waals surface area contributed by atoms with Crippen LogP contribution >= 0.6 is 11.3 Å². The van der Waals surface area contributed by atoms with Crippen molar-refractivity contribution in [2.75, 3.05) is 6.54 Å². The van der Waals surface area contributed by atoms with Crippen LogP contribution in [0.15, 0.2) is 60.8 Å². The first kappa shape index (κ1) is 17.1. The number of nitrogens with zero attached hydrogens (tertiary/aromatic N) is 5. The number of hydrogen-bond donors (Lipinski definition) is 0. The van der Waals surface area contributed by atoms with Crippen LogP contribution in [0.25, 0.3) is 15.9 Å². The summed E-state index contributed by atoms with van der Waals surface area (Å²) in [5.74, 6) is -0.0777. The highest BCUT2D eigenvalue weighted by Gasteiger charge is 2.32. The summed E-state index contributed by atoms with van der Waals surface area (Å²) >= 11 is 1.68. The smallest absolute Gasteiger partial charge is 0.276 e. The molecule has 1 aliphatic heterocycles. The van der Waals surface area contributed by atoms with Crippen molar-refractivity contribution in [1.29, 1.82) is 0 Å². The van der Waals surface area contributed by atoms with Gasteiger partial charge in [0.25, 0.3) is 5.91 Å². The van der Waals surface area contributed by atoms with Gasteiger partial charge in [-0.1, -0.05) is 30.3 Å². The van der Waals surface area contributed by atoms with Crippen LogP contribution in [-0.4, -0.2) is 37.3 Å². The number of piperidine rings is 1. The van der Waals surface area contributed by atoms with Gasteiger partial charge in [-0.25, -0.2) is 4.98 Å². The van der Waals surface area contributed by atoms with Crippen LogP contribution < -0.4 is 0 Å². The molecule has 0 N–H and O–H groups in total. The molecule has 140 valence electrons. The van der Waals surface area contributed by atoms with Gasteiger partial charge < -0.3 is 4.90 Å². The molecule has 1 atom stereocenters. The van der Waals surface area contributed by atoms with E-state index in [1.165, 1.54) is 4.80 Å².